The molecule has 0 nitrogen and oxygen atoms in total. The number of fused-ring (bicyclic) bond motifs is 3. The summed E-state index contributed by atoms with van der Waals surface area (Å²) in [5.74, 6) is 2.04. The number of rotatable bonds is 10. The summed E-state index contributed by atoms with van der Waals surface area (Å²) < 4.78 is 0. The Kier molecular flexibility index (Phi) is 7.90. The second kappa shape index (κ2) is 11.2. The van der Waals surface area contributed by atoms with Crippen molar-refractivity contribution in [3.05, 3.63) is 59.7 Å². The quantitative estimate of drug-likeness (QED) is 0.321. The zero-order valence-corrected chi connectivity index (χ0v) is 21.0. The average Bonchev–Trinajstić information content (AvgIpc) is 3.16. The lowest BCUT2D eigenvalue weighted by Gasteiger charge is -2.33. The van der Waals surface area contributed by atoms with Gasteiger partial charge in [0.1, 0.15) is 0 Å². The van der Waals surface area contributed by atoms with Crippen LogP contribution in [0.2, 0.25) is 0 Å². The van der Waals surface area contributed by atoms with Crippen LogP contribution >= 0.6 is 0 Å². The van der Waals surface area contributed by atoms with Crippen molar-refractivity contribution < 1.29 is 0 Å². The maximum Gasteiger partial charge on any atom is 0.0215 e. The first-order valence-corrected chi connectivity index (χ1v) is 14.6. The lowest BCUT2D eigenvalue weighted by molar-refractivity contribution is 0.311. The van der Waals surface area contributed by atoms with E-state index in [0.29, 0.717) is 0 Å². The fourth-order valence-electron chi connectivity index (χ4n) is 7.75. The molecule has 0 aliphatic heterocycles. The Morgan fingerprint density at radius 2 is 0.939 bits per heavy atom. The lowest BCUT2D eigenvalue weighted by Crippen LogP contribution is -2.25. The maximum absolute atomic E-state index is 2.47. The highest BCUT2D eigenvalue weighted by molar-refractivity contribution is 5.80. The van der Waals surface area contributed by atoms with E-state index in [2.05, 4.69) is 48.5 Å². The number of benzene rings is 2. The normalized spacial score (nSPS) is 20.5. The van der Waals surface area contributed by atoms with Crippen LogP contribution in [0.25, 0.3) is 11.1 Å². The largest absolute Gasteiger partial charge is 0.0619 e. The lowest BCUT2D eigenvalue weighted by atomic mass is 9.70. The fourth-order valence-corrected chi connectivity index (χ4v) is 7.75. The zero-order valence-electron chi connectivity index (χ0n) is 21.0. The Morgan fingerprint density at radius 1 is 0.515 bits per heavy atom. The molecule has 0 N–H and O–H groups in total. The Hall–Kier alpha value is -1.56. The van der Waals surface area contributed by atoms with E-state index in [1.54, 1.807) is 11.1 Å². The van der Waals surface area contributed by atoms with Crippen LogP contribution in [-0.2, 0) is 5.41 Å². The van der Waals surface area contributed by atoms with Gasteiger partial charge in [0.25, 0.3) is 0 Å². The molecule has 33 heavy (non-hydrogen) atoms. The van der Waals surface area contributed by atoms with Crippen molar-refractivity contribution in [2.45, 2.75) is 121 Å². The highest BCUT2D eigenvalue weighted by atomic mass is 14.4. The molecule has 0 bridgehead atoms. The van der Waals surface area contributed by atoms with E-state index in [1.807, 2.05) is 0 Å². The second-order valence-corrected chi connectivity index (χ2v) is 11.7. The molecule has 0 radical (unpaired) electrons. The SMILES string of the molecule is c1ccc2c(c1)-c1ccccc1C2(CCCCC1CCCCC1)CCCCC1CCCCC1. The molecule has 0 heterocycles. The minimum absolute atomic E-state index is 0.256. The van der Waals surface area contributed by atoms with E-state index >= 15 is 0 Å². The van der Waals surface area contributed by atoms with E-state index in [0.717, 1.165) is 11.8 Å². The standard InChI is InChI=1S/C33H46/c1-3-15-27(16-4-1)19-11-13-25-33(26-14-12-20-28-17-5-2-6-18-28)31-23-9-7-21-29(31)30-22-8-10-24-32(30)33/h7-10,21-24,27-28H,1-6,11-20,25-26H2. The van der Waals surface area contributed by atoms with Gasteiger partial charge in [0, 0.05) is 5.41 Å². The minimum Gasteiger partial charge on any atom is -0.0619 e. The van der Waals surface area contributed by atoms with Crippen LogP contribution < -0.4 is 0 Å². The molecule has 2 aromatic carbocycles. The van der Waals surface area contributed by atoms with Gasteiger partial charge in [0.2, 0.25) is 0 Å². The Labute approximate surface area is 203 Å². The summed E-state index contributed by atoms with van der Waals surface area (Å²) in [7, 11) is 0. The highest BCUT2D eigenvalue weighted by Gasteiger charge is 2.41. The molecule has 3 aliphatic rings. The molecule has 0 amide bonds. The number of hydrogen-bond acceptors (Lipinski definition) is 0. The van der Waals surface area contributed by atoms with Crippen LogP contribution in [0.5, 0.6) is 0 Å². The summed E-state index contributed by atoms with van der Waals surface area (Å²) in [4.78, 5) is 0. The van der Waals surface area contributed by atoms with Crippen LogP contribution in [0.15, 0.2) is 48.5 Å². The number of unbranched alkanes of at least 4 members (excludes halogenated alkanes) is 2. The first-order chi connectivity index (χ1) is 16.4. The summed E-state index contributed by atoms with van der Waals surface area (Å²) in [6.07, 6.45) is 26.2. The number of hydrogen-bond donors (Lipinski definition) is 0. The van der Waals surface area contributed by atoms with E-state index in [4.69, 9.17) is 0 Å². The van der Waals surface area contributed by atoms with Gasteiger partial charge in [-0.1, -0.05) is 151 Å². The van der Waals surface area contributed by atoms with Crippen LogP contribution in [0.3, 0.4) is 0 Å². The van der Waals surface area contributed by atoms with Gasteiger partial charge in [-0.05, 0) is 46.9 Å². The molecular formula is C33H46. The van der Waals surface area contributed by atoms with Gasteiger partial charge < -0.3 is 0 Å². The molecule has 2 aromatic rings. The van der Waals surface area contributed by atoms with Crippen molar-refractivity contribution >= 4 is 0 Å². The van der Waals surface area contributed by atoms with E-state index in [9.17, 15) is 0 Å². The minimum atomic E-state index is 0.256. The van der Waals surface area contributed by atoms with Crippen LogP contribution in [-0.4, -0.2) is 0 Å². The van der Waals surface area contributed by atoms with Crippen LogP contribution in [0, 0.1) is 11.8 Å². The molecule has 178 valence electrons. The first kappa shape index (κ1) is 23.2. The molecule has 2 saturated carbocycles. The Bertz CT molecular complexity index is 792. The summed E-state index contributed by atoms with van der Waals surface area (Å²) in [6, 6.07) is 18.8. The second-order valence-electron chi connectivity index (χ2n) is 11.7. The van der Waals surface area contributed by atoms with Crippen molar-refractivity contribution in [3.8, 4) is 11.1 Å². The van der Waals surface area contributed by atoms with E-state index < -0.39 is 0 Å². The van der Waals surface area contributed by atoms with Gasteiger partial charge in [-0.2, -0.15) is 0 Å². The van der Waals surface area contributed by atoms with E-state index in [1.165, 1.54) is 127 Å². The third-order valence-corrected chi connectivity index (χ3v) is 9.56. The van der Waals surface area contributed by atoms with Crippen molar-refractivity contribution in [2.24, 2.45) is 11.8 Å². The Balaban J connectivity index is 1.29. The van der Waals surface area contributed by atoms with Gasteiger partial charge in [0.05, 0.1) is 0 Å². The Morgan fingerprint density at radius 3 is 1.39 bits per heavy atom. The van der Waals surface area contributed by atoms with Crippen molar-refractivity contribution in [3.63, 3.8) is 0 Å². The molecule has 0 heteroatoms. The smallest absolute Gasteiger partial charge is 0.0215 e. The van der Waals surface area contributed by atoms with Crippen LogP contribution in [0.4, 0.5) is 0 Å². The molecule has 3 aliphatic carbocycles. The average molecular weight is 443 g/mol. The van der Waals surface area contributed by atoms with Gasteiger partial charge in [-0.3, -0.25) is 0 Å². The molecule has 0 unspecified atom stereocenters. The molecule has 5 rings (SSSR count). The first-order valence-electron chi connectivity index (χ1n) is 14.6. The molecule has 0 spiro atoms. The van der Waals surface area contributed by atoms with Crippen molar-refractivity contribution in [2.75, 3.05) is 0 Å². The third kappa shape index (κ3) is 5.26. The predicted octanol–water partition coefficient (Wildman–Crippen LogP) is 10.2. The summed E-state index contributed by atoms with van der Waals surface area (Å²) >= 11 is 0. The maximum atomic E-state index is 2.47. The van der Waals surface area contributed by atoms with Crippen LogP contribution in [0.1, 0.15) is 127 Å². The molecule has 0 saturated heterocycles. The van der Waals surface area contributed by atoms with Crippen molar-refractivity contribution in [1.82, 2.24) is 0 Å². The van der Waals surface area contributed by atoms with Crippen molar-refractivity contribution in [1.29, 1.82) is 0 Å². The summed E-state index contributed by atoms with van der Waals surface area (Å²) in [5, 5.41) is 0. The molecule has 0 atom stereocenters. The van der Waals surface area contributed by atoms with Gasteiger partial charge in [0.15, 0.2) is 0 Å². The fraction of sp³-hybridized carbons (Fsp3) is 0.636. The molecule has 0 aromatic heterocycles. The predicted molar refractivity (Wildman–Crippen MR) is 143 cm³/mol. The van der Waals surface area contributed by atoms with E-state index in [-0.39, 0.29) is 5.41 Å². The summed E-state index contributed by atoms with van der Waals surface area (Å²) in [5.41, 5.74) is 6.58. The molecule has 2 fully saturated rings. The zero-order chi connectivity index (χ0) is 22.3. The summed E-state index contributed by atoms with van der Waals surface area (Å²) in [6.45, 7) is 0. The monoisotopic (exact) mass is 442 g/mol. The topological polar surface area (TPSA) is 0 Å². The highest BCUT2D eigenvalue weighted by Crippen LogP contribution is 2.54. The van der Waals surface area contributed by atoms with Gasteiger partial charge in [-0.15, -0.1) is 0 Å². The third-order valence-electron chi connectivity index (χ3n) is 9.56. The molecular weight excluding hydrogens is 396 g/mol. The van der Waals surface area contributed by atoms with Gasteiger partial charge >= 0.3 is 0 Å². The van der Waals surface area contributed by atoms with Gasteiger partial charge in [-0.25, -0.2) is 0 Å².